The quantitative estimate of drug-likeness (QED) is 0.468. The molecule has 0 aliphatic carbocycles. The van der Waals surface area contributed by atoms with Crippen LogP contribution in [0.25, 0.3) is 0 Å². The van der Waals surface area contributed by atoms with Gasteiger partial charge in [0.05, 0.1) is 0 Å². The first-order valence-corrected chi connectivity index (χ1v) is 7.72. The number of aromatic carboxylic acids is 1. The van der Waals surface area contributed by atoms with E-state index in [9.17, 15) is 24.8 Å². The summed E-state index contributed by atoms with van der Waals surface area (Å²) in [7, 11) is 0. The summed E-state index contributed by atoms with van der Waals surface area (Å²) in [5.74, 6) is -1.79. The molecule has 0 saturated carbocycles. The fraction of sp³-hybridized carbons (Fsp3) is 0.500. The van der Waals surface area contributed by atoms with Crippen LogP contribution in [0.5, 0.6) is 11.5 Å². The van der Waals surface area contributed by atoms with Crippen molar-refractivity contribution >= 4 is 11.8 Å². The lowest BCUT2D eigenvalue weighted by atomic mass is 10.0. The van der Waals surface area contributed by atoms with Gasteiger partial charge in [0.15, 0.2) is 11.9 Å². The summed E-state index contributed by atoms with van der Waals surface area (Å²) in [5, 5.41) is 28.8. The third kappa shape index (κ3) is 6.23. The maximum Gasteiger partial charge on any atom is 0.339 e. The highest BCUT2D eigenvalue weighted by Crippen LogP contribution is 2.25. The Bertz CT molecular complexity index is 600. The van der Waals surface area contributed by atoms with Crippen molar-refractivity contribution in [3.05, 3.63) is 33.9 Å². The van der Waals surface area contributed by atoms with Crippen molar-refractivity contribution in [1.29, 1.82) is 0 Å². The van der Waals surface area contributed by atoms with Crippen molar-refractivity contribution in [2.45, 2.75) is 45.1 Å². The summed E-state index contributed by atoms with van der Waals surface area (Å²) < 4.78 is 5.59. The summed E-state index contributed by atoms with van der Waals surface area (Å²) in [6, 6.07) is 3.72. The van der Waals surface area contributed by atoms with E-state index in [1.165, 1.54) is 12.1 Å². The Balaban J connectivity index is 2.81. The summed E-state index contributed by atoms with van der Waals surface area (Å²) in [6.07, 6.45) is 1.39. The van der Waals surface area contributed by atoms with E-state index < -0.39 is 22.7 Å². The minimum atomic E-state index is -1.31. The molecular weight excluding hydrogens is 318 g/mol. The molecule has 0 aromatic heterocycles. The molecule has 1 rings (SSSR count). The number of benzene rings is 1. The van der Waals surface area contributed by atoms with Crippen LogP contribution in [0.4, 0.5) is 0 Å². The zero-order valence-electron chi connectivity index (χ0n) is 13.4. The van der Waals surface area contributed by atoms with Gasteiger partial charge in [0.2, 0.25) is 6.54 Å². The molecule has 0 aliphatic rings. The molecule has 0 aliphatic heterocycles. The van der Waals surface area contributed by atoms with Crippen LogP contribution in [0.15, 0.2) is 18.2 Å². The number of ketones is 1. The number of carbonyl (C=O) groups excluding carboxylic acids is 1. The molecule has 132 valence electrons. The number of nitrogens with zero attached hydrogens (tertiary/aromatic N) is 1. The van der Waals surface area contributed by atoms with Crippen molar-refractivity contribution in [3.63, 3.8) is 0 Å². The highest BCUT2D eigenvalue weighted by molar-refractivity contribution is 5.91. The number of carbonyl (C=O) groups is 2. The maximum absolute atomic E-state index is 12.2. The molecule has 0 heterocycles. The molecule has 0 amide bonds. The molecule has 24 heavy (non-hydrogen) atoms. The first-order valence-electron chi connectivity index (χ1n) is 7.72. The van der Waals surface area contributed by atoms with Crippen LogP contribution >= 0.6 is 0 Å². The van der Waals surface area contributed by atoms with Gasteiger partial charge in [-0.3, -0.25) is 14.9 Å². The summed E-state index contributed by atoms with van der Waals surface area (Å²) in [5.41, 5.74) is -0.317. The number of phenols is 1. The molecule has 1 atom stereocenters. The van der Waals surface area contributed by atoms with Gasteiger partial charge in [0.25, 0.3) is 0 Å². The Morgan fingerprint density at radius 1 is 1.33 bits per heavy atom. The molecule has 1 aromatic carbocycles. The monoisotopic (exact) mass is 339 g/mol. The second kappa shape index (κ2) is 9.49. The topological polar surface area (TPSA) is 127 Å². The van der Waals surface area contributed by atoms with Gasteiger partial charge in [-0.25, -0.2) is 4.79 Å². The fourth-order valence-corrected chi connectivity index (χ4v) is 2.14. The SMILES string of the molecule is CCCCC(Oc1ccc(O)c(C(=O)O)c1)C(=O)CCC[N+](=O)[O-]. The number of hydrogen-bond donors (Lipinski definition) is 2. The van der Waals surface area contributed by atoms with E-state index in [-0.39, 0.29) is 36.5 Å². The Morgan fingerprint density at radius 3 is 2.62 bits per heavy atom. The largest absolute Gasteiger partial charge is 0.507 e. The van der Waals surface area contributed by atoms with Crippen LogP contribution in [-0.4, -0.2) is 39.5 Å². The number of rotatable bonds is 11. The summed E-state index contributed by atoms with van der Waals surface area (Å²) in [6.45, 7) is 1.67. The number of carboxylic acids is 1. The zero-order valence-corrected chi connectivity index (χ0v) is 13.4. The van der Waals surface area contributed by atoms with Gasteiger partial charge in [0.1, 0.15) is 17.1 Å². The van der Waals surface area contributed by atoms with E-state index in [0.29, 0.717) is 6.42 Å². The van der Waals surface area contributed by atoms with Crippen molar-refractivity contribution in [1.82, 2.24) is 0 Å². The number of carboxylic acid groups (broad SMARTS) is 1. The number of nitro groups is 1. The highest BCUT2D eigenvalue weighted by Gasteiger charge is 2.21. The Hall–Kier alpha value is -2.64. The van der Waals surface area contributed by atoms with E-state index in [0.717, 1.165) is 18.9 Å². The smallest absolute Gasteiger partial charge is 0.339 e. The standard InChI is InChI=1S/C16H21NO7/c1-2-3-6-15(14(19)5-4-9-17(22)23)24-11-7-8-13(18)12(10-11)16(20)21/h7-8,10,15,18H,2-6,9H2,1H3,(H,20,21). The van der Waals surface area contributed by atoms with Crippen molar-refractivity contribution in [2.24, 2.45) is 0 Å². The minimum absolute atomic E-state index is 0.0270. The first kappa shape index (κ1) is 19.4. The van der Waals surface area contributed by atoms with Gasteiger partial charge in [-0.05, 0) is 31.0 Å². The van der Waals surface area contributed by atoms with Gasteiger partial charge >= 0.3 is 5.97 Å². The van der Waals surface area contributed by atoms with E-state index >= 15 is 0 Å². The van der Waals surface area contributed by atoms with E-state index in [1.807, 2.05) is 6.92 Å². The second-order valence-electron chi connectivity index (χ2n) is 5.36. The van der Waals surface area contributed by atoms with E-state index in [1.54, 1.807) is 0 Å². The van der Waals surface area contributed by atoms with Crippen LogP contribution < -0.4 is 4.74 Å². The molecule has 8 nitrogen and oxygen atoms in total. The van der Waals surface area contributed by atoms with Gasteiger partial charge in [-0.2, -0.15) is 0 Å². The first-order chi connectivity index (χ1) is 11.3. The number of aromatic hydroxyl groups is 1. The Morgan fingerprint density at radius 2 is 2.04 bits per heavy atom. The number of ether oxygens (including phenoxy) is 1. The van der Waals surface area contributed by atoms with Gasteiger partial charge < -0.3 is 14.9 Å². The number of unbranched alkanes of at least 4 members (excludes halogenated alkanes) is 1. The maximum atomic E-state index is 12.2. The molecule has 0 spiro atoms. The lowest BCUT2D eigenvalue weighted by molar-refractivity contribution is -0.480. The van der Waals surface area contributed by atoms with Crippen LogP contribution in [-0.2, 0) is 4.79 Å². The molecule has 0 fully saturated rings. The summed E-state index contributed by atoms with van der Waals surface area (Å²) >= 11 is 0. The molecule has 1 unspecified atom stereocenters. The van der Waals surface area contributed by atoms with Crippen LogP contribution in [0.2, 0.25) is 0 Å². The predicted octanol–water partition coefficient (Wildman–Crippen LogP) is 2.65. The van der Waals surface area contributed by atoms with E-state index in [4.69, 9.17) is 9.84 Å². The molecular formula is C16H21NO7. The fourth-order valence-electron chi connectivity index (χ4n) is 2.14. The molecule has 2 N–H and O–H groups in total. The lowest BCUT2D eigenvalue weighted by Gasteiger charge is -2.18. The van der Waals surface area contributed by atoms with Crippen molar-refractivity contribution in [2.75, 3.05) is 6.54 Å². The highest BCUT2D eigenvalue weighted by atomic mass is 16.6. The van der Waals surface area contributed by atoms with Crippen LogP contribution in [0.1, 0.15) is 49.4 Å². The van der Waals surface area contributed by atoms with Crippen LogP contribution in [0.3, 0.4) is 0 Å². The van der Waals surface area contributed by atoms with E-state index in [2.05, 4.69) is 0 Å². The van der Waals surface area contributed by atoms with Crippen LogP contribution in [0, 0.1) is 10.1 Å². The Kier molecular flexibility index (Phi) is 7.67. The minimum Gasteiger partial charge on any atom is -0.507 e. The molecule has 0 bridgehead atoms. The molecule has 0 saturated heterocycles. The van der Waals surface area contributed by atoms with Gasteiger partial charge in [-0.15, -0.1) is 0 Å². The lowest BCUT2D eigenvalue weighted by Crippen LogP contribution is -2.28. The third-order valence-corrected chi connectivity index (χ3v) is 3.42. The van der Waals surface area contributed by atoms with Gasteiger partial charge in [0, 0.05) is 17.8 Å². The number of hydrogen-bond acceptors (Lipinski definition) is 6. The third-order valence-electron chi connectivity index (χ3n) is 3.42. The molecule has 8 heteroatoms. The average molecular weight is 339 g/mol. The number of Topliss-reactive ketones (excluding diaryl/α,β-unsaturated/α-hetero) is 1. The average Bonchev–Trinajstić information content (AvgIpc) is 2.52. The zero-order chi connectivity index (χ0) is 18.1. The second-order valence-corrected chi connectivity index (χ2v) is 5.36. The summed E-state index contributed by atoms with van der Waals surface area (Å²) in [4.78, 5) is 33.1. The predicted molar refractivity (Wildman–Crippen MR) is 85.1 cm³/mol. The Labute approximate surface area is 139 Å². The van der Waals surface area contributed by atoms with Crippen molar-refractivity contribution < 1.29 is 29.5 Å². The molecule has 1 aromatic rings. The van der Waals surface area contributed by atoms with Crippen molar-refractivity contribution in [3.8, 4) is 11.5 Å². The molecule has 0 radical (unpaired) electrons. The van der Waals surface area contributed by atoms with Gasteiger partial charge in [-0.1, -0.05) is 13.3 Å². The normalized spacial score (nSPS) is 11.7.